The molecule has 0 aliphatic heterocycles. The lowest BCUT2D eigenvalue weighted by Gasteiger charge is -2.16. The van der Waals surface area contributed by atoms with E-state index in [0.29, 0.717) is 17.9 Å². The molecule has 0 fully saturated rings. The number of carbonyl (C=O) groups excluding carboxylic acids is 1. The standard InChI is InChI=1S/C13H15N3O3/c1-9-11(16-19-15-9)8-14-12(13(17)18-2)10-6-4-3-5-7-10/h3-7,12,14H,8H2,1-2H3. The second kappa shape index (κ2) is 6.10. The number of aromatic nitrogens is 2. The summed E-state index contributed by atoms with van der Waals surface area (Å²) >= 11 is 0. The van der Waals surface area contributed by atoms with E-state index in [1.165, 1.54) is 7.11 Å². The van der Waals surface area contributed by atoms with E-state index < -0.39 is 6.04 Å². The number of methoxy groups -OCH3 is 1. The lowest BCUT2D eigenvalue weighted by Crippen LogP contribution is -2.29. The lowest BCUT2D eigenvalue weighted by atomic mass is 10.1. The number of esters is 1. The molecule has 1 atom stereocenters. The third kappa shape index (κ3) is 3.17. The quantitative estimate of drug-likeness (QED) is 0.819. The van der Waals surface area contributed by atoms with Crippen LogP contribution in [-0.2, 0) is 16.1 Å². The van der Waals surface area contributed by atoms with Gasteiger partial charge in [-0.2, -0.15) is 0 Å². The molecule has 1 aromatic carbocycles. The SMILES string of the molecule is COC(=O)C(NCc1nonc1C)c1ccccc1. The number of aryl methyl sites for hydroxylation is 1. The summed E-state index contributed by atoms with van der Waals surface area (Å²) in [5.41, 5.74) is 2.21. The summed E-state index contributed by atoms with van der Waals surface area (Å²) in [4.78, 5) is 11.8. The zero-order chi connectivity index (χ0) is 13.7. The van der Waals surface area contributed by atoms with E-state index in [1.807, 2.05) is 30.3 Å². The van der Waals surface area contributed by atoms with E-state index in [9.17, 15) is 4.79 Å². The number of nitrogens with one attached hydrogen (secondary N) is 1. The summed E-state index contributed by atoms with van der Waals surface area (Å²) in [5, 5.41) is 10.5. The molecule has 1 unspecified atom stereocenters. The van der Waals surface area contributed by atoms with Gasteiger partial charge in [-0.3, -0.25) is 5.32 Å². The van der Waals surface area contributed by atoms with Gasteiger partial charge < -0.3 is 4.74 Å². The highest BCUT2D eigenvalue weighted by molar-refractivity contribution is 5.77. The van der Waals surface area contributed by atoms with E-state index in [1.54, 1.807) is 6.92 Å². The minimum Gasteiger partial charge on any atom is -0.468 e. The van der Waals surface area contributed by atoms with Gasteiger partial charge in [0.05, 0.1) is 7.11 Å². The van der Waals surface area contributed by atoms with Crippen molar-refractivity contribution < 1.29 is 14.2 Å². The largest absolute Gasteiger partial charge is 0.468 e. The monoisotopic (exact) mass is 261 g/mol. The van der Waals surface area contributed by atoms with Gasteiger partial charge in [-0.1, -0.05) is 40.6 Å². The first-order chi connectivity index (χ1) is 9.22. The molecular formula is C13H15N3O3. The van der Waals surface area contributed by atoms with Crippen LogP contribution in [0.25, 0.3) is 0 Å². The molecule has 6 heteroatoms. The number of benzene rings is 1. The minimum absolute atomic E-state index is 0.347. The third-order valence-corrected chi connectivity index (χ3v) is 2.79. The second-order valence-electron chi connectivity index (χ2n) is 4.04. The van der Waals surface area contributed by atoms with Crippen LogP contribution in [0.3, 0.4) is 0 Å². The highest BCUT2D eigenvalue weighted by Gasteiger charge is 2.21. The normalized spacial score (nSPS) is 12.1. The second-order valence-corrected chi connectivity index (χ2v) is 4.04. The van der Waals surface area contributed by atoms with Crippen molar-refractivity contribution >= 4 is 5.97 Å². The molecular weight excluding hydrogens is 246 g/mol. The van der Waals surface area contributed by atoms with Crippen LogP contribution in [-0.4, -0.2) is 23.4 Å². The molecule has 0 saturated heterocycles. The molecule has 2 rings (SSSR count). The summed E-state index contributed by atoms with van der Waals surface area (Å²) in [7, 11) is 1.36. The third-order valence-electron chi connectivity index (χ3n) is 2.79. The van der Waals surface area contributed by atoms with Crippen LogP contribution < -0.4 is 5.32 Å². The first-order valence-electron chi connectivity index (χ1n) is 5.86. The Bertz CT molecular complexity index is 539. The van der Waals surface area contributed by atoms with Crippen molar-refractivity contribution in [3.63, 3.8) is 0 Å². The van der Waals surface area contributed by atoms with E-state index in [0.717, 1.165) is 5.56 Å². The van der Waals surface area contributed by atoms with Crippen molar-refractivity contribution in [1.82, 2.24) is 15.6 Å². The lowest BCUT2D eigenvalue weighted by molar-refractivity contribution is -0.143. The first kappa shape index (κ1) is 13.2. The average molecular weight is 261 g/mol. The fourth-order valence-electron chi connectivity index (χ4n) is 1.71. The molecule has 100 valence electrons. The molecule has 0 aliphatic carbocycles. The minimum atomic E-state index is -0.540. The Morgan fingerprint density at radius 3 is 2.68 bits per heavy atom. The number of ether oxygens (including phenoxy) is 1. The van der Waals surface area contributed by atoms with E-state index in [2.05, 4.69) is 20.3 Å². The molecule has 2 aromatic rings. The van der Waals surface area contributed by atoms with Crippen molar-refractivity contribution in [3.05, 3.63) is 47.3 Å². The Labute approximate surface area is 110 Å². The van der Waals surface area contributed by atoms with Crippen molar-refractivity contribution in [1.29, 1.82) is 0 Å². The van der Waals surface area contributed by atoms with E-state index in [4.69, 9.17) is 4.74 Å². The van der Waals surface area contributed by atoms with Crippen LogP contribution in [0.2, 0.25) is 0 Å². The Balaban J connectivity index is 2.11. The molecule has 1 aromatic heterocycles. The van der Waals surface area contributed by atoms with Gasteiger partial charge >= 0.3 is 5.97 Å². The van der Waals surface area contributed by atoms with Crippen molar-refractivity contribution in [2.75, 3.05) is 7.11 Å². The molecule has 0 saturated carbocycles. The van der Waals surface area contributed by atoms with Gasteiger partial charge in [0.2, 0.25) is 0 Å². The zero-order valence-corrected chi connectivity index (χ0v) is 10.8. The highest BCUT2D eigenvalue weighted by Crippen LogP contribution is 2.15. The zero-order valence-electron chi connectivity index (χ0n) is 10.8. The summed E-state index contributed by atoms with van der Waals surface area (Å²) in [6, 6.07) is 8.82. The summed E-state index contributed by atoms with van der Waals surface area (Å²) in [6.07, 6.45) is 0. The van der Waals surface area contributed by atoms with Crippen molar-refractivity contribution in [2.24, 2.45) is 0 Å². The smallest absolute Gasteiger partial charge is 0.327 e. The van der Waals surface area contributed by atoms with Gasteiger partial charge in [0.1, 0.15) is 17.4 Å². The molecule has 0 spiro atoms. The van der Waals surface area contributed by atoms with Gasteiger partial charge in [0, 0.05) is 6.54 Å². The number of hydrogen-bond donors (Lipinski definition) is 1. The summed E-state index contributed by atoms with van der Waals surface area (Å²) < 4.78 is 9.42. The Morgan fingerprint density at radius 1 is 1.37 bits per heavy atom. The summed E-state index contributed by atoms with van der Waals surface area (Å²) in [6.45, 7) is 2.17. The Kier molecular flexibility index (Phi) is 4.25. The van der Waals surface area contributed by atoms with E-state index >= 15 is 0 Å². The van der Waals surface area contributed by atoms with Crippen LogP contribution in [0.4, 0.5) is 0 Å². The maximum atomic E-state index is 11.8. The number of carbonyl (C=O) groups is 1. The van der Waals surface area contributed by atoms with Crippen LogP contribution in [0, 0.1) is 6.92 Å². The fraction of sp³-hybridized carbons (Fsp3) is 0.308. The van der Waals surface area contributed by atoms with Crippen LogP contribution in [0.15, 0.2) is 35.0 Å². The fourth-order valence-corrected chi connectivity index (χ4v) is 1.71. The number of hydrogen-bond acceptors (Lipinski definition) is 6. The maximum Gasteiger partial charge on any atom is 0.327 e. The average Bonchev–Trinajstić information content (AvgIpc) is 2.85. The highest BCUT2D eigenvalue weighted by atomic mass is 16.6. The molecule has 19 heavy (non-hydrogen) atoms. The molecule has 0 radical (unpaired) electrons. The van der Waals surface area contributed by atoms with Gasteiger partial charge in [-0.25, -0.2) is 9.42 Å². The molecule has 1 N–H and O–H groups in total. The van der Waals surface area contributed by atoms with Gasteiger partial charge in [-0.05, 0) is 12.5 Å². The number of rotatable bonds is 5. The van der Waals surface area contributed by atoms with Crippen molar-refractivity contribution in [2.45, 2.75) is 19.5 Å². The van der Waals surface area contributed by atoms with Gasteiger partial charge in [0.15, 0.2) is 0 Å². The predicted molar refractivity (Wildman–Crippen MR) is 67.1 cm³/mol. The van der Waals surface area contributed by atoms with Crippen LogP contribution in [0.5, 0.6) is 0 Å². The number of nitrogens with zero attached hydrogens (tertiary/aromatic N) is 2. The van der Waals surface area contributed by atoms with Gasteiger partial charge in [0.25, 0.3) is 0 Å². The first-order valence-corrected chi connectivity index (χ1v) is 5.86. The molecule has 0 amide bonds. The van der Waals surface area contributed by atoms with Crippen LogP contribution >= 0.6 is 0 Å². The Hall–Kier alpha value is -2.21. The summed E-state index contributed by atoms with van der Waals surface area (Å²) in [5.74, 6) is -0.347. The maximum absolute atomic E-state index is 11.8. The van der Waals surface area contributed by atoms with E-state index in [-0.39, 0.29) is 5.97 Å². The van der Waals surface area contributed by atoms with Gasteiger partial charge in [-0.15, -0.1) is 0 Å². The van der Waals surface area contributed by atoms with Crippen molar-refractivity contribution in [3.8, 4) is 0 Å². The Morgan fingerprint density at radius 2 is 2.11 bits per heavy atom. The molecule has 1 heterocycles. The predicted octanol–water partition coefficient (Wildman–Crippen LogP) is 1.38. The molecule has 0 bridgehead atoms. The van der Waals surface area contributed by atoms with Crippen LogP contribution in [0.1, 0.15) is 23.0 Å². The molecule has 6 nitrogen and oxygen atoms in total. The topological polar surface area (TPSA) is 77.2 Å². The molecule has 0 aliphatic rings.